The highest BCUT2D eigenvalue weighted by atomic mass is 32.2. The van der Waals surface area contributed by atoms with Gasteiger partial charge in [-0.2, -0.15) is 0 Å². The molecule has 116 valence electrons. The third-order valence-corrected chi connectivity index (χ3v) is 3.45. The fourth-order valence-corrected chi connectivity index (χ4v) is 2.00. The zero-order valence-corrected chi connectivity index (χ0v) is 12.4. The standard InChI is InChI=1S/C12H17N3O5S/c1-21(19,20)12-14-7-9(8-15-12)11(18)13-6-4-2-3-5-10(16)17/h7-8H,2-6H2,1H3,(H,13,18)(H,16,17). The zero-order valence-electron chi connectivity index (χ0n) is 11.6. The minimum atomic E-state index is -3.48. The van der Waals surface area contributed by atoms with Crippen LogP contribution >= 0.6 is 0 Å². The van der Waals surface area contributed by atoms with Gasteiger partial charge < -0.3 is 10.4 Å². The Kier molecular flexibility index (Phi) is 6.22. The molecule has 0 fully saturated rings. The number of aromatic nitrogens is 2. The minimum Gasteiger partial charge on any atom is -0.481 e. The first-order valence-corrected chi connectivity index (χ1v) is 8.22. The van der Waals surface area contributed by atoms with Crippen molar-refractivity contribution < 1.29 is 23.1 Å². The first-order valence-electron chi connectivity index (χ1n) is 6.33. The van der Waals surface area contributed by atoms with Gasteiger partial charge in [-0.05, 0) is 12.8 Å². The molecule has 0 unspecified atom stereocenters. The molecule has 1 amide bonds. The molecule has 0 spiro atoms. The maximum Gasteiger partial charge on any atom is 0.303 e. The highest BCUT2D eigenvalue weighted by Gasteiger charge is 2.12. The van der Waals surface area contributed by atoms with Crippen LogP contribution < -0.4 is 5.32 Å². The molecule has 0 atom stereocenters. The van der Waals surface area contributed by atoms with E-state index in [1.165, 1.54) is 0 Å². The van der Waals surface area contributed by atoms with E-state index in [-0.39, 0.29) is 17.1 Å². The molecule has 9 heteroatoms. The number of carbonyl (C=O) groups excluding carboxylic acids is 1. The Balaban J connectivity index is 2.37. The van der Waals surface area contributed by atoms with Crippen LogP contribution in [0.2, 0.25) is 0 Å². The van der Waals surface area contributed by atoms with E-state index in [4.69, 9.17) is 5.11 Å². The van der Waals surface area contributed by atoms with Crippen molar-refractivity contribution in [2.75, 3.05) is 12.8 Å². The lowest BCUT2D eigenvalue weighted by molar-refractivity contribution is -0.137. The quantitative estimate of drug-likeness (QED) is 0.520. The second-order valence-corrected chi connectivity index (χ2v) is 6.40. The third-order valence-electron chi connectivity index (χ3n) is 2.57. The number of nitrogens with one attached hydrogen (secondary N) is 1. The van der Waals surface area contributed by atoms with Gasteiger partial charge in [0.2, 0.25) is 15.0 Å². The van der Waals surface area contributed by atoms with Crippen molar-refractivity contribution in [1.29, 1.82) is 0 Å². The number of sulfone groups is 1. The maximum atomic E-state index is 11.7. The van der Waals surface area contributed by atoms with E-state index in [9.17, 15) is 18.0 Å². The van der Waals surface area contributed by atoms with Crippen LogP contribution in [0.4, 0.5) is 0 Å². The van der Waals surface area contributed by atoms with Gasteiger partial charge in [0, 0.05) is 31.6 Å². The molecule has 0 aliphatic heterocycles. The monoisotopic (exact) mass is 315 g/mol. The highest BCUT2D eigenvalue weighted by Crippen LogP contribution is 2.03. The van der Waals surface area contributed by atoms with Gasteiger partial charge in [-0.25, -0.2) is 18.4 Å². The van der Waals surface area contributed by atoms with Crippen LogP contribution in [0, 0.1) is 0 Å². The molecule has 1 aromatic heterocycles. The second-order valence-electron chi connectivity index (χ2n) is 4.49. The number of carboxylic acid groups (broad SMARTS) is 1. The lowest BCUT2D eigenvalue weighted by atomic mass is 10.2. The Morgan fingerprint density at radius 3 is 2.33 bits per heavy atom. The summed E-state index contributed by atoms with van der Waals surface area (Å²) in [6.07, 6.45) is 5.36. The van der Waals surface area contributed by atoms with Crippen LogP contribution in [0.25, 0.3) is 0 Å². The molecule has 21 heavy (non-hydrogen) atoms. The Bertz CT molecular complexity index is 598. The molecule has 1 rings (SSSR count). The van der Waals surface area contributed by atoms with E-state index in [2.05, 4.69) is 15.3 Å². The summed E-state index contributed by atoms with van der Waals surface area (Å²) in [5, 5.41) is 10.8. The number of nitrogens with zero attached hydrogens (tertiary/aromatic N) is 2. The smallest absolute Gasteiger partial charge is 0.303 e. The van der Waals surface area contributed by atoms with Crippen LogP contribution in [-0.2, 0) is 14.6 Å². The van der Waals surface area contributed by atoms with Crippen LogP contribution in [0.5, 0.6) is 0 Å². The summed E-state index contributed by atoms with van der Waals surface area (Å²) in [6.45, 7) is 0.409. The van der Waals surface area contributed by atoms with E-state index >= 15 is 0 Å². The topological polar surface area (TPSA) is 126 Å². The van der Waals surface area contributed by atoms with Crippen molar-refractivity contribution in [3.63, 3.8) is 0 Å². The molecule has 1 heterocycles. The summed E-state index contributed by atoms with van der Waals surface area (Å²) in [6, 6.07) is 0. The van der Waals surface area contributed by atoms with E-state index in [1.807, 2.05) is 0 Å². The molecule has 0 aliphatic carbocycles. The highest BCUT2D eigenvalue weighted by molar-refractivity contribution is 7.90. The van der Waals surface area contributed by atoms with Crippen LogP contribution in [0.15, 0.2) is 17.6 Å². The summed E-state index contributed by atoms with van der Waals surface area (Å²) < 4.78 is 22.3. The van der Waals surface area contributed by atoms with Crippen LogP contribution in [-0.4, -0.2) is 48.2 Å². The first-order chi connectivity index (χ1) is 9.80. The maximum absolute atomic E-state index is 11.7. The average molecular weight is 315 g/mol. The Labute approximate surface area is 122 Å². The molecule has 0 aliphatic rings. The lowest BCUT2D eigenvalue weighted by Gasteiger charge is -2.04. The number of unbranched alkanes of at least 4 members (excludes halogenated alkanes) is 2. The largest absolute Gasteiger partial charge is 0.481 e. The number of amides is 1. The van der Waals surface area contributed by atoms with Gasteiger partial charge in [0.15, 0.2) is 0 Å². The number of hydrogen-bond donors (Lipinski definition) is 2. The SMILES string of the molecule is CS(=O)(=O)c1ncc(C(=O)NCCCCCC(=O)O)cn1. The predicted molar refractivity (Wildman–Crippen MR) is 73.6 cm³/mol. The Morgan fingerprint density at radius 2 is 1.81 bits per heavy atom. The summed E-state index contributed by atoms with van der Waals surface area (Å²) >= 11 is 0. The minimum absolute atomic E-state index is 0.120. The van der Waals surface area contributed by atoms with Gasteiger partial charge in [0.25, 0.3) is 5.91 Å². The Morgan fingerprint density at radius 1 is 1.19 bits per heavy atom. The fourth-order valence-electron chi connectivity index (χ4n) is 1.51. The van der Waals surface area contributed by atoms with E-state index in [1.54, 1.807) is 0 Å². The van der Waals surface area contributed by atoms with Crippen LogP contribution in [0.3, 0.4) is 0 Å². The molecular weight excluding hydrogens is 298 g/mol. The second kappa shape index (κ2) is 7.67. The van der Waals surface area contributed by atoms with E-state index < -0.39 is 21.7 Å². The summed E-state index contributed by atoms with van der Waals surface area (Å²) in [5.41, 5.74) is 0.174. The molecule has 2 N–H and O–H groups in total. The van der Waals surface area contributed by atoms with Crippen molar-refractivity contribution in [2.45, 2.75) is 30.8 Å². The molecule has 0 bridgehead atoms. The number of rotatable bonds is 8. The van der Waals surface area contributed by atoms with E-state index in [0.29, 0.717) is 25.8 Å². The van der Waals surface area contributed by atoms with Gasteiger partial charge in [-0.1, -0.05) is 6.42 Å². The van der Waals surface area contributed by atoms with Crippen LogP contribution in [0.1, 0.15) is 36.0 Å². The van der Waals surface area contributed by atoms with Crippen molar-refractivity contribution in [3.05, 3.63) is 18.0 Å². The van der Waals surface area contributed by atoms with Gasteiger partial charge >= 0.3 is 5.97 Å². The molecule has 0 saturated carbocycles. The number of hydrogen-bond acceptors (Lipinski definition) is 6. The summed E-state index contributed by atoms with van der Waals surface area (Å²) in [5.74, 6) is -1.23. The predicted octanol–water partition coefficient (Wildman–Crippen LogP) is 0.255. The zero-order chi connectivity index (χ0) is 15.9. The lowest BCUT2D eigenvalue weighted by Crippen LogP contribution is -2.25. The number of aliphatic carboxylic acids is 1. The summed E-state index contributed by atoms with van der Waals surface area (Å²) in [7, 11) is -3.48. The molecule has 0 radical (unpaired) electrons. The molecule has 8 nitrogen and oxygen atoms in total. The average Bonchev–Trinajstić information content (AvgIpc) is 2.41. The van der Waals surface area contributed by atoms with E-state index in [0.717, 1.165) is 18.6 Å². The molecule has 1 aromatic rings. The van der Waals surface area contributed by atoms with Crippen molar-refractivity contribution in [3.8, 4) is 0 Å². The summed E-state index contributed by atoms with van der Waals surface area (Å²) in [4.78, 5) is 29.3. The number of carbonyl (C=O) groups is 2. The number of carboxylic acids is 1. The van der Waals surface area contributed by atoms with Gasteiger partial charge in [0.1, 0.15) is 0 Å². The van der Waals surface area contributed by atoms with Crippen molar-refractivity contribution in [2.24, 2.45) is 0 Å². The van der Waals surface area contributed by atoms with Crippen molar-refractivity contribution in [1.82, 2.24) is 15.3 Å². The fraction of sp³-hybridized carbons (Fsp3) is 0.500. The first kappa shape index (κ1) is 17.0. The Hall–Kier alpha value is -2.03. The third kappa shape index (κ3) is 6.30. The van der Waals surface area contributed by atoms with Gasteiger partial charge in [0.05, 0.1) is 5.56 Å². The van der Waals surface area contributed by atoms with Gasteiger partial charge in [-0.15, -0.1) is 0 Å². The molecular formula is C12H17N3O5S. The normalized spacial score (nSPS) is 11.1. The van der Waals surface area contributed by atoms with Crippen molar-refractivity contribution >= 4 is 21.7 Å². The van der Waals surface area contributed by atoms with Gasteiger partial charge in [-0.3, -0.25) is 9.59 Å². The molecule has 0 aromatic carbocycles. The molecule has 0 saturated heterocycles.